The van der Waals surface area contributed by atoms with Crippen LogP contribution in [0.15, 0.2) is 79.3 Å². The normalized spacial score (nSPS) is 10.9. The molecule has 8 nitrogen and oxygen atoms in total. The molecule has 162 valence electrons. The predicted octanol–water partition coefficient (Wildman–Crippen LogP) is 3.70. The number of nitrogen functional groups attached to an aromatic ring is 1. The summed E-state index contributed by atoms with van der Waals surface area (Å²) in [4.78, 5) is 29.9. The molecule has 4 aromatic heterocycles. The van der Waals surface area contributed by atoms with Crippen molar-refractivity contribution in [2.24, 2.45) is 0 Å². The number of nitrogens with one attached hydrogen (secondary N) is 1. The van der Waals surface area contributed by atoms with Gasteiger partial charge >= 0.3 is 0 Å². The highest BCUT2D eigenvalue weighted by atomic mass is 16.1. The third kappa shape index (κ3) is 4.01. The van der Waals surface area contributed by atoms with Crippen LogP contribution in [0, 0.1) is 6.92 Å². The van der Waals surface area contributed by atoms with E-state index in [9.17, 15) is 4.79 Å². The summed E-state index contributed by atoms with van der Waals surface area (Å²) < 4.78 is 2.02. The van der Waals surface area contributed by atoms with Gasteiger partial charge < -0.3 is 11.1 Å². The molecule has 8 heteroatoms. The second kappa shape index (κ2) is 8.51. The van der Waals surface area contributed by atoms with Crippen LogP contribution in [0.5, 0.6) is 0 Å². The molecule has 0 saturated carbocycles. The summed E-state index contributed by atoms with van der Waals surface area (Å²) in [5.41, 5.74) is 11.8. The summed E-state index contributed by atoms with van der Waals surface area (Å²) in [6.07, 6.45) is 5.07. The second-order valence-corrected chi connectivity index (χ2v) is 7.59. The number of anilines is 1. The number of rotatable bonds is 5. The fourth-order valence-corrected chi connectivity index (χ4v) is 3.66. The number of hydrogen-bond donors (Lipinski definition) is 2. The van der Waals surface area contributed by atoms with Gasteiger partial charge in [0.25, 0.3) is 5.91 Å². The van der Waals surface area contributed by atoms with Crippen molar-refractivity contribution in [3.05, 3.63) is 96.2 Å². The first kappa shape index (κ1) is 20.3. The Labute approximate surface area is 190 Å². The van der Waals surface area contributed by atoms with Crippen LogP contribution in [0.25, 0.3) is 28.1 Å². The van der Waals surface area contributed by atoms with Crippen molar-refractivity contribution in [3.8, 4) is 17.1 Å². The van der Waals surface area contributed by atoms with E-state index in [0.717, 1.165) is 33.5 Å². The number of nitrogens with two attached hydrogens (primary N) is 1. The molecule has 0 spiro atoms. The lowest BCUT2D eigenvalue weighted by atomic mass is 10.2. The molecule has 0 aliphatic rings. The number of aromatic nitrogens is 5. The lowest BCUT2D eigenvalue weighted by molar-refractivity contribution is 0.0946. The first-order chi connectivity index (χ1) is 16.1. The van der Waals surface area contributed by atoms with Crippen LogP contribution in [-0.2, 0) is 6.54 Å². The van der Waals surface area contributed by atoms with Crippen LogP contribution in [0.2, 0.25) is 0 Å². The number of imidazole rings is 1. The van der Waals surface area contributed by atoms with Gasteiger partial charge in [-0.05, 0) is 55.0 Å². The summed E-state index contributed by atoms with van der Waals surface area (Å²) in [7, 11) is 0. The Hall–Kier alpha value is -4.59. The smallest absolute Gasteiger partial charge is 0.270 e. The Balaban J connectivity index is 1.48. The molecule has 4 heterocycles. The van der Waals surface area contributed by atoms with Crippen LogP contribution in [0.1, 0.15) is 21.7 Å². The highest BCUT2D eigenvalue weighted by Crippen LogP contribution is 2.31. The quantitative estimate of drug-likeness (QED) is 0.435. The van der Waals surface area contributed by atoms with E-state index in [1.807, 2.05) is 60.2 Å². The Bertz CT molecular complexity index is 1440. The number of hydrogen-bond acceptors (Lipinski definition) is 6. The van der Waals surface area contributed by atoms with Gasteiger partial charge in [0.15, 0.2) is 0 Å². The van der Waals surface area contributed by atoms with Crippen molar-refractivity contribution in [2.75, 3.05) is 5.73 Å². The molecule has 0 unspecified atom stereocenters. The standard InChI is InChI=1S/C25H21N7O/c1-16-13-21-22(15-29-16)32(24(31-21)19-5-4-12-28-23(19)26)18-9-7-17(8-10-18)14-30-25(33)20-6-2-3-11-27-20/h2-13,15H,14H2,1H3,(H2,26,28)(H,30,33). The molecule has 5 aromatic rings. The van der Waals surface area contributed by atoms with E-state index in [-0.39, 0.29) is 5.91 Å². The Morgan fingerprint density at radius 3 is 2.58 bits per heavy atom. The largest absolute Gasteiger partial charge is 0.383 e. The summed E-state index contributed by atoms with van der Waals surface area (Å²) in [6, 6.07) is 18.9. The number of benzene rings is 1. The van der Waals surface area contributed by atoms with Gasteiger partial charge in [0, 0.05) is 30.3 Å². The fourth-order valence-electron chi connectivity index (χ4n) is 3.66. The Morgan fingerprint density at radius 2 is 1.82 bits per heavy atom. The van der Waals surface area contributed by atoms with Crippen LogP contribution in [-0.4, -0.2) is 30.4 Å². The van der Waals surface area contributed by atoms with Crippen LogP contribution >= 0.6 is 0 Å². The van der Waals surface area contributed by atoms with Gasteiger partial charge in [-0.25, -0.2) is 9.97 Å². The van der Waals surface area contributed by atoms with Gasteiger partial charge in [-0.3, -0.25) is 19.3 Å². The van der Waals surface area contributed by atoms with E-state index in [0.29, 0.717) is 23.9 Å². The minimum atomic E-state index is -0.212. The molecular formula is C25H21N7O. The van der Waals surface area contributed by atoms with Crippen molar-refractivity contribution >= 4 is 22.8 Å². The molecular weight excluding hydrogens is 414 g/mol. The minimum Gasteiger partial charge on any atom is -0.383 e. The molecule has 0 fully saturated rings. The fraction of sp³-hybridized carbons (Fsp3) is 0.0800. The van der Waals surface area contributed by atoms with E-state index >= 15 is 0 Å². The third-order valence-corrected chi connectivity index (χ3v) is 5.30. The summed E-state index contributed by atoms with van der Waals surface area (Å²) >= 11 is 0. The maximum Gasteiger partial charge on any atom is 0.270 e. The number of pyridine rings is 3. The van der Waals surface area contributed by atoms with E-state index in [1.165, 1.54) is 0 Å². The van der Waals surface area contributed by atoms with Crippen LogP contribution in [0.4, 0.5) is 5.82 Å². The molecule has 0 aliphatic carbocycles. The first-order valence-corrected chi connectivity index (χ1v) is 10.4. The van der Waals surface area contributed by atoms with Crippen LogP contribution in [0.3, 0.4) is 0 Å². The molecule has 0 aliphatic heterocycles. The molecule has 5 rings (SSSR count). The highest BCUT2D eigenvalue weighted by molar-refractivity contribution is 5.92. The van der Waals surface area contributed by atoms with Crippen molar-refractivity contribution in [1.29, 1.82) is 0 Å². The number of nitrogens with zero attached hydrogens (tertiary/aromatic N) is 5. The highest BCUT2D eigenvalue weighted by Gasteiger charge is 2.17. The van der Waals surface area contributed by atoms with Gasteiger partial charge in [0.1, 0.15) is 17.3 Å². The zero-order valence-electron chi connectivity index (χ0n) is 17.9. The van der Waals surface area contributed by atoms with E-state index in [4.69, 9.17) is 10.7 Å². The summed E-state index contributed by atoms with van der Waals surface area (Å²) in [5.74, 6) is 0.892. The number of carbonyl (C=O) groups is 1. The maximum atomic E-state index is 12.3. The van der Waals surface area contributed by atoms with Crippen molar-refractivity contribution in [1.82, 2.24) is 29.8 Å². The second-order valence-electron chi connectivity index (χ2n) is 7.59. The van der Waals surface area contributed by atoms with Crippen molar-refractivity contribution in [3.63, 3.8) is 0 Å². The van der Waals surface area contributed by atoms with Crippen molar-refractivity contribution < 1.29 is 4.79 Å². The lowest BCUT2D eigenvalue weighted by Crippen LogP contribution is -2.23. The number of carbonyl (C=O) groups excluding carboxylic acids is 1. The minimum absolute atomic E-state index is 0.212. The number of amides is 1. The number of aryl methyl sites for hydroxylation is 1. The van der Waals surface area contributed by atoms with Gasteiger partial charge in [-0.2, -0.15) is 0 Å². The molecule has 1 amide bonds. The van der Waals surface area contributed by atoms with E-state index < -0.39 is 0 Å². The molecule has 3 N–H and O–H groups in total. The number of fused-ring (bicyclic) bond motifs is 1. The molecule has 0 atom stereocenters. The maximum absolute atomic E-state index is 12.3. The summed E-state index contributed by atoms with van der Waals surface area (Å²) in [5, 5.41) is 2.89. The van der Waals surface area contributed by atoms with Crippen molar-refractivity contribution in [2.45, 2.75) is 13.5 Å². The van der Waals surface area contributed by atoms with E-state index in [2.05, 4.69) is 20.3 Å². The van der Waals surface area contributed by atoms with E-state index in [1.54, 1.807) is 30.6 Å². The monoisotopic (exact) mass is 435 g/mol. The average Bonchev–Trinajstić information content (AvgIpc) is 3.22. The van der Waals surface area contributed by atoms with Gasteiger partial charge in [-0.15, -0.1) is 0 Å². The topological polar surface area (TPSA) is 112 Å². The SMILES string of the molecule is Cc1cc2nc(-c3cccnc3N)n(-c3ccc(CNC(=O)c4ccccn4)cc3)c2cn1. The first-order valence-electron chi connectivity index (χ1n) is 10.4. The zero-order chi connectivity index (χ0) is 22.8. The third-order valence-electron chi connectivity index (χ3n) is 5.30. The Morgan fingerprint density at radius 1 is 1.00 bits per heavy atom. The lowest BCUT2D eigenvalue weighted by Gasteiger charge is -2.12. The molecule has 0 radical (unpaired) electrons. The zero-order valence-corrected chi connectivity index (χ0v) is 17.9. The molecule has 1 aromatic carbocycles. The van der Waals surface area contributed by atoms with Crippen LogP contribution < -0.4 is 11.1 Å². The van der Waals surface area contributed by atoms with Gasteiger partial charge in [0.2, 0.25) is 0 Å². The van der Waals surface area contributed by atoms with Gasteiger partial charge in [-0.1, -0.05) is 18.2 Å². The Kier molecular flexibility index (Phi) is 5.24. The molecule has 0 saturated heterocycles. The summed E-state index contributed by atoms with van der Waals surface area (Å²) in [6.45, 7) is 2.33. The average molecular weight is 435 g/mol. The van der Waals surface area contributed by atoms with Gasteiger partial charge in [0.05, 0.1) is 22.8 Å². The molecule has 33 heavy (non-hydrogen) atoms. The molecule has 0 bridgehead atoms. The predicted molar refractivity (Wildman–Crippen MR) is 127 cm³/mol.